The van der Waals surface area contributed by atoms with Crippen LogP contribution in [0.2, 0.25) is 0 Å². The number of nitrogens with one attached hydrogen (secondary N) is 3. The van der Waals surface area contributed by atoms with Crippen molar-refractivity contribution in [3.05, 3.63) is 34.4 Å². The van der Waals surface area contributed by atoms with Crippen molar-refractivity contribution >= 4 is 16.8 Å². The van der Waals surface area contributed by atoms with Gasteiger partial charge in [0.25, 0.3) is 0 Å². The second-order valence-electron chi connectivity index (χ2n) is 4.05. The van der Waals surface area contributed by atoms with Crippen molar-refractivity contribution in [1.29, 1.82) is 0 Å². The first-order valence-corrected chi connectivity index (χ1v) is 5.55. The van der Waals surface area contributed by atoms with Crippen molar-refractivity contribution in [2.75, 3.05) is 12.4 Å². The Balaban J connectivity index is 2.21. The number of aromatic nitrogens is 3. The zero-order chi connectivity index (χ0) is 12.7. The molecule has 1 aromatic carbocycles. The van der Waals surface area contributed by atoms with Crippen molar-refractivity contribution in [2.45, 2.75) is 6.92 Å². The lowest BCUT2D eigenvalue weighted by molar-refractivity contribution is 0.555. The van der Waals surface area contributed by atoms with E-state index in [1.807, 2.05) is 20.0 Å². The van der Waals surface area contributed by atoms with E-state index in [1.54, 1.807) is 12.1 Å². The smallest absolute Gasteiger partial charge is 0.408 e. The van der Waals surface area contributed by atoms with Crippen LogP contribution in [0.5, 0.6) is 0 Å². The third-order valence-electron chi connectivity index (χ3n) is 2.89. The van der Waals surface area contributed by atoms with Crippen molar-refractivity contribution in [1.82, 2.24) is 15.2 Å². The number of oxazole rings is 1. The number of H-pyrrole nitrogens is 2. The second-order valence-corrected chi connectivity index (χ2v) is 4.05. The van der Waals surface area contributed by atoms with Gasteiger partial charge in [-0.15, -0.1) is 0 Å². The molecule has 0 radical (unpaired) electrons. The molecule has 3 N–H and O–H groups in total. The first-order valence-electron chi connectivity index (χ1n) is 5.55. The van der Waals surface area contributed by atoms with E-state index in [9.17, 15) is 4.79 Å². The van der Waals surface area contributed by atoms with Gasteiger partial charge in [-0.1, -0.05) is 6.07 Å². The van der Waals surface area contributed by atoms with Crippen LogP contribution < -0.4 is 11.1 Å². The number of rotatable bonds is 2. The van der Waals surface area contributed by atoms with E-state index in [-0.39, 0.29) is 0 Å². The van der Waals surface area contributed by atoms with Crippen LogP contribution in [-0.4, -0.2) is 22.2 Å². The molecule has 0 amide bonds. The fourth-order valence-corrected chi connectivity index (χ4v) is 2.04. The normalized spacial score (nSPS) is 11.0. The minimum atomic E-state index is -0.450. The number of hydrogen-bond acceptors (Lipinski definition) is 4. The lowest BCUT2D eigenvalue weighted by Crippen LogP contribution is -1.92. The molecule has 0 spiro atoms. The van der Waals surface area contributed by atoms with Crippen LogP contribution >= 0.6 is 0 Å². The summed E-state index contributed by atoms with van der Waals surface area (Å²) in [6, 6.07) is 5.49. The first-order chi connectivity index (χ1) is 8.69. The van der Waals surface area contributed by atoms with Crippen molar-refractivity contribution in [2.24, 2.45) is 0 Å². The summed E-state index contributed by atoms with van der Waals surface area (Å²) in [7, 11) is 1.84. The summed E-state index contributed by atoms with van der Waals surface area (Å²) in [6.45, 7) is 1.94. The maximum absolute atomic E-state index is 11.1. The van der Waals surface area contributed by atoms with Gasteiger partial charge < -0.3 is 9.73 Å². The number of fused-ring (bicyclic) bond motifs is 1. The Labute approximate surface area is 102 Å². The number of anilines is 1. The molecule has 0 aliphatic rings. The lowest BCUT2D eigenvalue weighted by Gasteiger charge is -2.02. The SMILES string of the molecule is CNc1c(-c2ccc3[nH]c(=O)oc3c2)n[nH]c1C. The summed E-state index contributed by atoms with van der Waals surface area (Å²) in [5.74, 6) is -0.450. The zero-order valence-corrected chi connectivity index (χ0v) is 10.00. The highest BCUT2D eigenvalue weighted by Crippen LogP contribution is 2.29. The highest BCUT2D eigenvalue weighted by atomic mass is 16.4. The third kappa shape index (κ3) is 1.50. The van der Waals surface area contributed by atoms with E-state index in [2.05, 4.69) is 20.5 Å². The summed E-state index contributed by atoms with van der Waals surface area (Å²) in [4.78, 5) is 13.7. The number of benzene rings is 1. The van der Waals surface area contributed by atoms with Crippen LogP contribution in [0.1, 0.15) is 5.69 Å². The Hall–Kier alpha value is -2.50. The first kappa shape index (κ1) is 10.6. The van der Waals surface area contributed by atoms with Gasteiger partial charge in [-0.25, -0.2) is 4.79 Å². The van der Waals surface area contributed by atoms with Crippen molar-refractivity contribution in [3.63, 3.8) is 0 Å². The summed E-state index contributed by atoms with van der Waals surface area (Å²) in [5.41, 5.74) is 4.80. The summed E-state index contributed by atoms with van der Waals surface area (Å²) in [5, 5.41) is 10.3. The average Bonchev–Trinajstić information content (AvgIpc) is 2.89. The molecular weight excluding hydrogens is 232 g/mol. The maximum atomic E-state index is 11.1. The Morgan fingerprint density at radius 1 is 1.39 bits per heavy atom. The molecule has 6 nitrogen and oxygen atoms in total. The monoisotopic (exact) mass is 244 g/mol. The van der Waals surface area contributed by atoms with E-state index in [0.29, 0.717) is 11.1 Å². The van der Waals surface area contributed by atoms with Crippen LogP contribution in [0.15, 0.2) is 27.4 Å². The molecule has 0 saturated carbocycles. The van der Waals surface area contributed by atoms with Gasteiger partial charge in [0.1, 0.15) is 5.69 Å². The zero-order valence-electron chi connectivity index (χ0n) is 10.00. The van der Waals surface area contributed by atoms with Gasteiger partial charge >= 0.3 is 5.76 Å². The lowest BCUT2D eigenvalue weighted by atomic mass is 10.1. The standard InChI is InChI=1S/C12H12N4O2/c1-6-10(13-2)11(16-15-6)7-3-4-8-9(5-7)18-12(17)14-8/h3-5,13H,1-2H3,(H,14,17)(H,15,16). The van der Waals surface area contributed by atoms with Gasteiger partial charge in [0.05, 0.1) is 16.9 Å². The van der Waals surface area contributed by atoms with Crippen LogP contribution in [0.4, 0.5) is 5.69 Å². The van der Waals surface area contributed by atoms with Gasteiger partial charge in [-0.3, -0.25) is 10.1 Å². The van der Waals surface area contributed by atoms with E-state index in [4.69, 9.17) is 4.42 Å². The molecule has 0 atom stereocenters. The number of hydrogen-bond donors (Lipinski definition) is 3. The molecule has 92 valence electrons. The molecular formula is C12H12N4O2. The van der Waals surface area contributed by atoms with Crippen LogP contribution in [-0.2, 0) is 0 Å². The fourth-order valence-electron chi connectivity index (χ4n) is 2.04. The summed E-state index contributed by atoms with van der Waals surface area (Å²) >= 11 is 0. The second kappa shape index (κ2) is 3.76. The number of nitrogens with zero attached hydrogens (tertiary/aromatic N) is 1. The van der Waals surface area contributed by atoms with Gasteiger partial charge in [-0.2, -0.15) is 5.10 Å². The highest BCUT2D eigenvalue weighted by Gasteiger charge is 2.12. The molecule has 0 aliphatic heterocycles. The molecule has 0 saturated heterocycles. The quantitative estimate of drug-likeness (QED) is 0.642. The summed E-state index contributed by atoms with van der Waals surface area (Å²) in [6.07, 6.45) is 0. The highest BCUT2D eigenvalue weighted by molar-refractivity contribution is 5.83. The predicted molar refractivity (Wildman–Crippen MR) is 68.7 cm³/mol. The molecule has 18 heavy (non-hydrogen) atoms. The minimum absolute atomic E-state index is 0.450. The molecule has 0 unspecified atom stereocenters. The number of aromatic amines is 2. The molecule has 2 heterocycles. The van der Waals surface area contributed by atoms with E-state index >= 15 is 0 Å². The summed E-state index contributed by atoms with van der Waals surface area (Å²) < 4.78 is 5.04. The van der Waals surface area contributed by atoms with E-state index in [0.717, 1.165) is 22.6 Å². The van der Waals surface area contributed by atoms with Gasteiger partial charge in [-0.05, 0) is 19.1 Å². The topological polar surface area (TPSA) is 86.7 Å². The Kier molecular flexibility index (Phi) is 2.22. The fraction of sp³-hybridized carbons (Fsp3) is 0.167. The van der Waals surface area contributed by atoms with Gasteiger partial charge in [0.2, 0.25) is 0 Å². The van der Waals surface area contributed by atoms with Gasteiger partial charge in [0, 0.05) is 12.6 Å². The maximum Gasteiger partial charge on any atom is 0.417 e. The third-order valence-corrected chi connectivity index (χ3v) is 2.89. The van der Waals surface area contributed by atoms with Crippen molar-refractivity contribution < 1.29 is 4.42 Å². The molecule has 3 rings (SSSR count). The molecule has 0 aliphatic carbocycles. The Morgan fingerprint density at radius 3 is 3.00 bits per heavy atom. The number of aryl methyl sites for hydroxylation is 1. The largest absolute Gasteiger partial charge is 0.417 e. The molecule has 0 fully saturated rings. The average molecular weight is 244 g/mol. The minimum Gasteiger partial charge on any atom is -0.408 e. The molecule has 6 heteroatoms. The van der Waals surface area contributed by atoms with E-state index in [1.165, 1.54) is 0 Å². The molecule has 3 aromatic rings. The molecule has 0 bridgehead atoms. The van der Waals surface area contributed by atoms with Gasteiger partial charge in [0.15, 0.2) is 5.58 Å². The van der Waals surface area contributed by atoms with Crippen LogP contribution in [0.3, 0.4) is 0 Å². The van der Waals surface area contributed by atoms with E-state index < -0.39 is 5.76 Å². The predicted octanol–water partition coefficient (Wildman–Crippen LogP) is 1.86. The van der Waals surface area contributed by atoms with Crippen LogP contribution in [0.25, 0.3) is 22.4 Å². The van der Waals surface area contributed by atoms with Crippen molar-refractivity contribution in [3.8, 4) is 11.3 Å². The molecule has 2 aromatic heterocycles. The Bertz CT molecular complexity index is 766. The van der Waals surface area contributed by atoms with Crippen LogP contribution in [0, 0.1) is 6.92 Å². The Morgan fingerprint density at radius 2 is 2.22 bits per heavy atom.